The van der Waals surface area contributed by atoms with E-state index in [1.54, 1.807) is 12.1 Å². The molecular weight excluding hydrogens is 300 g/mol. The molecule has 2 aromatic rings. The first-order valence-corrected chi connectivity index (χ1v) is 7.81. The van der Waals surface area contributed by atoms with Crippen LogP contribution in [0.15, 0.2) is 30.3 Å². The smallest absolute Gasteiger partial charge is 0.267 e. The van der Waals surface area contributed by atoms with E-state index < -0.39 is 11.6 Å². The molecule has 2 aliphatic heterocycles. The monoisotopic (exact) mass is 317 g/mol. The van der Waals surface area contributed by atoms with Crippen molar-refractivity contribution in [2.45, 2.75) is 37.4 Å². The number of hydrogen-bond acceptors (Lipinski definition) is 2. The Labute approximate surface area is 132 Å². The van der Waals surface area contributed by atoms with Gasteiger partial charge in [0.25, 0.3) is 5.91 Å². The first kappa shape index (κ1) is 14.4. The summed E-state index contributed by atoms with van der Waals surface area (Å²) in [6.45, 7) is 0. The predicted molar refractivity (Wildman–Crippen MR) is 82.0 cm³/mol. The van der Waals surface area contributed by atoms with Gasteiger partial charge in [0.2, 0.25) is 0 Å². The molecule has 2 aliphatic rings. The maximum absolute atomic E-state index is 13.3. The number of benzene rings is 1. The third-order valence-electron chi connectivity index (χ3n) is 4.72. The number of rotatable bonds is 3. The van der Waals surface area contributed by atoms with Gasteiger partial charge in [0.15, 0.2) is 0 Å². The van der Waals surface area contributed by atoms with Crippen LogP contribution in [-0.2, 0) is 0 Å². The normalized spacial score (nSPS) is 25.7. The molecular formula is C17H17F2N3O. The SMILES string of the molecule is O=C(N[C@@H]1C[C@H]2CC[C@@H]1N2)c1ccc(-c2cc(F)cc(F)c2)[nH]1. The molecule has 0 saturated carbocycles. The lowest BCUT2D eigenvalue weighted by Gasteiger charge is -2.21. The maximum atomic E-state index is 13.3. The molecule has 6 heteroatoms. The highest BCUT2D eigenvalue weighted by Gasteiger charge is 2.39. The van der Waals surface area contributed by atoms with E-state index in [2.05, 4.69) is 15.6 Å². The van der Waals surface area contributed by atoms with Crippen molar-refractivity contribution in [2.24, 2.45) is 0 Å². The minimum atomic E-state index is -0.645. The van der Waals surface area contributed by atoms with Crippen molar-refractivity contribution in [3.05, 3.63) is 47.7 Å². The van der Waals surface area contributed by atoms with Crippen molar-refractivity contribution in [3.63, 3.8) is 0 Å². The molecule has 4 rings (SSSR count). The summed E-state index contributed by atoms with van der Waals surface area (Å²) in [5.74, 6) is -1.48. The molecule has 3 heterocycles. The van der Waals surface area contributed by atoms with Crippen molar-refractivity contribution < 1.29 is 13.6 Å². The summed E-state index contributed by atoms with van der Waals surface area (Å²) in [5.41, 5.74) is 1.29. The highest BCUT2D eigenvalue weighted by Crippen LogP contribution is 2.28. The van der Waals surface area contributed by atoms with Gasteiger partial charge in [-0.25, -0.2) is 8.78 Å². The molecule has 2 bridgehead atoms. The second kappa shape index (κ2) is 5.45. The summed E-state index contributed by atoms with van der Waals surface area (Å²) in [7, 11) is 0. The number of H-pyrrole nitrogens is 1. The molecule has 3 atom stereocenters. The van der Waals surface area contributed by atoms with Crippen LogP contribution in [-0.4, -0.2) is 29.0 Å². The Hall–Kier alpha value is -2.21. The molecule has 0 aliphatic carbocycles. The Morgan fingerprint density at radius 3 is 2.57 bits per heavy atom. The van der Waals surface area contributed by atoms with Crippen molar-refractivity contribution in [1.82, 2.24) is 15.6 Å². The fourth-order valence-electron chi connectivity index (χ4n) is 3.64. The van der Waals surface area contributed by atoms with Gasteiger partial charge in [-0.15, -0.1) is 0 Å². The molecule has 4 nitrogen and oxygen atoms in total. The molecule has 3 N–H and O–H groups in total. The van der Waals surface area contributed by atoms with Crippen LogP contribution in [0.3, 0.4) is 0 Å². The summed E-state index contributed by atoms with van der Waals surface area (Å²) >= 11 is 0. The Kier molecular flexibility index (Phi) is 3.41. The number of aromatic amines is 1. The molecule has 0 unspecified atom stereocenters. The van der Waals surface area contributed by atoms with Gasteiger partial charge in [0, 0.05) is 35.4 Å². The Bertz CT molecular complexity index is 738. The Balaban J connectivity index is 1.50. The van der Waals surface area contributed by atoms with Crippen LogP contribution in [0.25, 0.3) is 11.3 Å². The fraction of sp³-hybridized carbons (Fsp3) is 0.353. The standard InChI is InChI=1S/C17H17F2N3O/c18-10-5-9(6-11(19)7-10)13-3-4-15(21-13)17(23)22-16-8-12-1-2-14(16)20-12/h3-7,12,14,16,20-21H,1-2,8H2,(H,22,23)/t12-,14+,16-/m1/s1. The maximum Gasteiger partial charge on any atom is 0.267 e. The number of aromatic nitrogens is 1. The van der Waals surface area contributed by atoms with Gasteiger partial charge in [-0.05, 0) is 43.5 Å². The summed E-state index contributed by atoms with van der Waals surface area (Å²) in [5, 5.41) is 6.50. The van der Waals surface area contributed by atoms with E-state index in [9.17, 15) is 13.6 Å². The van der Waals surface area contributed by atoms with Gasteiger partial charge in [0.05, 0.1) is 0 Å². The zero-order valence-electron chi connectivity index (χ0n) is 12.4. The molecule has 1 aromatic heterocycles. The predicted octanol–water partition coefficient (Wildman–Crippen LogP) is 2.58. The van der Waals surface area contributed by atoms with Gasteiger partial charge < -0.3 is 15.6 Å². The molecule has 2 saturated heterocycles. The van der Waals surface area contributed by atoms with Crippen LogP contribution < -0.4 is 10.6 Å². The molecule has 0 spiro atoms. The number of nitrogens with one attached hydrogen (secondary N) is 3. The van der Waals surface area contributed by atoms with Crippen molar-refractivity contribution in [2.75, 3.05) is 0 Å². The highest BCUT2D eigenvalue weighted by atomic mass is 19.1. The van der Waals surface area contributed by atoms with E-state index in [1.165, 1.54) is 18.6 Å². The highest BCUT2D eigenvalue weighted by molar-refractivity contribution is 5.93. The number of carbonyl (C=O) groups excluding carboxylic acids is 1. The summed E-state index contributed by atoms with van der Waals surface area (Å²) in [4.78, 5) is 15.3. The van der Waals surface area contributed by atoms with Crippen molar-refractivity contribution >= 4 is 5.91 Å². The van der Waals surface area contributed by atoms with Crippen LogP contribution >= 0.6 is 0 Å². The number of halogens is 2. The van der Waals surface area contributed by atoms with E-state index in [0.717, 1.165) is 18.9 Å². The molecule has 120 valence electrons. The summed E-state index contributed by atoms with van der Waals surface area (Å²) in [6.07, 6.45) is 3.22. The van der Waals surface area contributed by atoms with Gasteiger partial charge >= 0.3 is 0 Å². The Morgan fingerprint density at radius 2 is 1.91 bits per heavy atom. The zero-order chi connectivity index (χ0) is 16.0. The fourth-order valence-corrected chi connectivity index (χ4v) is 3.64. The minimum Gasteiger partial charge on any atom is -0.351 e. The summed E-state index contributed by atoms with van der Waals surface area (Å²) in [6, 6.07) is 7.60. The second-order valence-electron chi connectivity index (χ2n) is 6.31. The van der Waals surface area contributed by atoms with Crippen LogP contribution in [0.2, 0.25) is 0 Å². The van der Waals surface area contributed by atoms with E-state index in [-0.39, 0.29) is 11.9 Å². The Morgan fingerprint density at radius 1 is 1.13 bits per heavy atom. The first-order valence-electron chi connectivity index (χ1n) is 7.81. The molecule has 23 heavy (non-hydrogen) atoms. The van der Waals surface area contributed by atoms with Crippen LogP contribution in [0, 0.1) is 11.6 Å². The van der Waals surface area contributed by atoms with Gasteiger partial charge in [-0.2, -0.15) is 0 Å². The van der Waals surface area contributed by atoms with Crippen LogP contribution in [0.1, 0.15) is 29.8 Å². The average molecular weight is 317 g/mol. The van der Waals surface area contributed by atoms with E-state index in [1.807, 2.05) is 0 Å². The number of hydrogen-bond donors (Lipinski definition) is 3. The van der Waals surface area contributed by atoms with Crippen molar-refractivity contribution in [1.29, 1.82) is 0 Å². The largest absolute Gasteiger partial charge is 0.351 e. The lowest BCUT2D eigenvalue weighted by molar-refractivity contribution is 0.0926. The molecule has 1 amide bonds. The topological polar surface area (TPSA) is 56.9 Å². The van der Waals surface area contributed by atoms with E-state index in [0.29, 0.717) is 29.0 Å². The van der Waals surface area contributed by atoms with Gasteiger partial charge in [0.1, 0.15) is 17.3 Å². The quantitative estimate of drug-likeness (QED) is 0.815. The summed E-state index contributed by atoms with van der Waals surface area (Å²) < 4.78 is 26.6. The number of carbonyl (C=O) groups is 1. The third-order valence-corrected chi connectivity index (χ3v) is 4.72. The van der Waals surface area contributed by atoms with E-state index in [4.69, 9.17) is 0 Å². The van der Waals surface area contributed by atoms with Crippen LogP contribution in [0.4, 0.5) is 8.78 Å². The number of fused-ring (bicyclic) bond motifs is 2. The zero-order valence-corrected chi connectivity index (χ0v) is 12.4. The first-order chi connectivity index (χ1) is 11.1. The minimum absolute atomic E-state index is 0.152. The van der Waals surface area contributed by atoms with Gasteiger partial charge in [-0.1, -0.05) is 0 Å². The lowest BCUT2D eigenvalue weighted by Crippen LogP contribution is -2.43. The molecule has 1 aromatic carbocycles. The van der Waals surface area contributed by atoms with Crippen LogP contribution in [0.5, 0.6) is 0 Å². The average Bonchev–Trinajstić information content (AvgIpc) is 3.22. The lowest BCUT2D eigenvalue weighted by atomic mass is 9.95. The molecule has 0 radical (unpaired) electrons. The second-order valence-corrected chi connectivity index (χ2v) is 6.31. The molecule has 2 fully saturated rings. The van der Waals surface area contributed by atoms with Gasteiger partial charge in [-0.3, -0.25) is 4.79 Å². The van der Waals surface area contributed by atoms with Crippen molar-refractivity contribution in [3.8, 4) is 11.3 Å². The van der Waals surface area contributed by atoms with E-state index >= 15 is 0 Å². The third kappa shape index (κ3) is 2.74. The number of amides is 1.